The van der Waals surface area contributed by atoms with E-state index in [1.807, 2.05) is 16.5 Å². The van der Waals surface area contributed by atoms with Crippen molar-refractivity contribution < 1.29 is 9.59 Å². The summed E-state index contributed by atoms with van der Waals surface area (Å²) in [5.41, 5.74) is 0. The SMILES string of the molecule is CC[C@@H](C)n1nccc1NC(=O)[C@H](C)N1CCNC(=O)C1. The maximum atomic E-state index is 12.4. The Morgan fingerprint density at radius 2 is 2.29 bits per heavy atom. The van der Waals surface area contributed by atoms with Crippen LogP contribution in [0.2, 0.25) is 0 Å². The van der Waals surface area contributed by atoms with Crippen LogP contribution < -0.4 is 10.6 Å². The van der Waals surface area contributed by atoms with E-state index < -0.39 is 0 Å². The summed E-state index contributed by atoms with van der Waals surface area (Å²) >= 11 is 0. The number of rotatable bonds is 5. The highest BCUT2D eigenvalue weighted by Crippen LogP contribution is 2.17. The minimum Gasteiger partial charge on any atom is -0.354 e. The van der Waals surface area contributed by atoms with Crippen LogP contribution >= 0.6 is 0 Å². The lowest BCUT2D eigenvalue weighted by Crippen LogP contribution is -2.53. The zero-order valence-corrected chi connectivity index (χ0v) is 12.8. The quantitative estimate of drug-likeness (QED) is 0.834. The van der Waals surface area contributed by atoms with E-state index >= 15 is 0 Å². The van der Waals surface area contributed by atoms with E-state index in [1.54, 1.807) is 12.3 Å². The summed E-state index contributed by atoms with van der Waals surface area (Å²) in [6.07, 6.45) is 2.62. The lowest BCUT2D eigenvalue weighted by molar-refractivity contribution is -0.127. The number of nitrogens with zero attached hydrogens (tertiary/aromatic N) is 3. The Bertz CT molecular complexity index is 513. The molecule has 2 N–H and O–H groups in total. The standard InChI is InChI=1S/C14H23N5O2/c1-4-10(2)19-12(5-6-16-19)17-14(21)11(3)18-8-7-15-13(20)9-18/h5-6,10-11H,4,7-9H2,1-3H3,(H,15,20)(H,17,21)/t10-,11+/m1/s1. The Labute approximate surface area is 124 Å². The molecule has 1 saturated heterocycles. The van der Waals surface area contributed by atoms with E-state index in [1.165, 1.54) is 0 Å². The minimum atomic E-state index is -0.351. The highest BCUT2D eigenvalue weighted by Gasteiger charge is 2.26. The van der Waals surface area contributed by atoms with E-state index in [0.29, 0.717) is 18.9 Å². The number of hydrogen-bond donors (Lipinski definition) is 2. The Morgan fingerprint density at radius 3 is 2.95 bits per heavy atom. The molecule has 1 aromatic heterocycles. The van der Waals surface area contributed by atoms with Crippen LogP contribution in [0.4, 0.5) is 5.82 Å². The Hall–Kier alpha value is -1.89. The number of aromatic nitrogens is 2. The van der Waals surface area contributed by atoms with Gasteiger partial charge in [0.25, 0.3) is 0 Å². The predicted octanol–water partition coefficient (Wildman–Crippen LogP) is 0.613. The van der Waals surface area contributed by atoms with Gasteiger partial charge < -0.3 is 10.6 Å². The molecule has 0 aromatic carbocycles. The predicted molar refractivity (Wildman–Crippen MR) is 79.9 cm³/mol. The van der Waals surface area contributed by atoms with E-state index in [2.05, 4.69) is 29.6 Å². The molecule has 7 nitrogen and oxygen atoms in total. The van der Waals surface area contributed by atoms with Crippen LogP contribution in [0.15, 0.2) is 12.3 Å². The van der Waals surface area contributed by atoms with Crippen molar-refractivity contribution in [3.8, 4) is 0 Å². The monoisotopic (exact) mass is 293 g/mol. The van der Waals surface area contributed by atoms with Crippen LogP contribution in [0.25, 0.3) is 0 Å². The van der Waals surface area contributed by atoms with Gasteiger partial charge in [0, 0.05) is 19.2 Å². The lowest BCUT2D eigenvalue weighted by atomic mass is 10.2. The average Bonchev–Trinajstić information content (AvgIpc) is 2.93. The van der Waals surface area contributed by atoms with Crippen LogP contribution in [0.5, 0.6) is 0 Å². The fourth-order valence-corrected chi connectivity index (χ4v) is 2.32. The van der Waals surface area contributed by atoms with Crippen LogP contribution in [0.1, 0.15) is 33.2 Å². The summed E-state index contributed by atoms with van der Waals surface area (Å²) in [6, 6.07) is 1.67. The molecule has 0 spiro atoms. The van der Waals surface area contributed by atoms with Crippen molar-refractivity contribution in [1.82, 2.24) is 20.0 Å². The minimum absolute atomic E-state index is 0.0365. The van der Waals surface area contributed by atoms with Gasteiger partial charge in [-0.05, 0) is 20.3 Å². The first-order valence-corrected chi connectivity index (χ1v) is 7.38. The molecule has 2 amide bonds. The van der Waals surface area contributed by atoms with Crippen LogP contribution in [-0.4, -0.2) is 52.2 Å². The summed E-state index contributed by atoms with van der Waals surface area (Å²) in [5, 5.41) is 9.91. The van der Waals surface area contributed by atoms with Gasteiger partial charge in [-0.3, -0.25) is 14.5 Å². The van der Waals surface area contributed by atoms with Crippen LogP contribution in [0.3, 0.4) is 0 Å². The van der Waals surface area contributed by atoms with Gasteiger partial charge in [-0.15, -0.1) is 0 Å². The zero-order chi connectivity index (χ0) is 15.4. The fourth-order valence-electron chi connectivity index (χ4n) is 2.32. The Balaban J connectivity index is 2.01. The van der Waals surface area contributed by atoms with Crippen molar-refractivity contribution in [2.45, 2.75) is 39.3 Å². The molecular weight excluding hydrogens is 270 g/mol. The van der Waals surface area contributed by atoms with Crippen molar-refractivity contribution in [2.24, 2.45) is 0 Å². The van der Waals surface area contributed by atoms with Gasteiger partial charge in [-0.25, -0.2) is 4.68 Å². The number of nitrogens with one attached hydrogen (secondary N) is 2. The van der Waals surface area contributed by atoms with Crippen molar-refractivity contribution in [3.05, 3.63) is 12.3 Å². The summed E-state index contributed by atoms with van der Waals surface area (Å²) in [4.78, 5) is 25.6. The van der Waals surface area contributed by atoms with E-state index in [-0.39, 0.29) is 30.4 Å². The van der Waals surface area contributed by atoms with Gasteiger partial charge in [0.15, 0.2) is 0 Å². The van der Waals surface area contributed by atoms with E-state index in [9.17, 15) is 9.59 Å². The smallest absolute Gasteiger partial charge is 0.242 e. The molecule has 1 aliphatic heterocycles. The van der Waals surface area contributed by atoms with Crippen LogP contribution in [-0.2, 0) is 9.59 Å². The molecule has 0 unspecified atom stereocenters. The first kappa shape index (κ1) is 15.5. The fraction of sp³-hybridized carbons (Fsp3) is 0.643. The normalized spacial score (nSPS) is 18.9. The van der Waals surface area contributed by atoms with Crippen molar-refractivity contribution >= 4 is 17.6 Å². The number of anilines is 1. The van der Waals surface area contributed by atoms with Gasteiger partial charge >= 0.3 is 0 Å². The lowest BCUT2D eigenvalue weighted by Gasteiger charge is -2.31. The molecule has 7 heteroatoms. The van der Waals surface area contributed by atoms with Crippen LogP contribution in [0, 0.1) is 0 Å². The Kier molecular flexibility index (Phi) is 4.95. The van der Waals surface area contributed by atoms with Gasteiger partial charge in [-0.1, -0.05) is 6.92 Å². The summed E-state index contributed by atoms with van der Waals surface area (Å²) in [7, 11) is 0. The third kappa shape index (κ3) is 3.60. The largest absolute Gasteiger partial charge is 0.354 e. The third-order valence-electron chi connectivity index (χ3n) is 3.92. The Morgan fingerprint density at radius 1 is 1.52 bits per heavy atom. The highest BCUT2D eigenvalue weighted by molar-refractivity contribution is 5.94. The molecule has 1 aliphatic rings. The second-order valence-corrected chi connectivity index (χ2v) is 5.40. The number of amides is 2. The van der Waals surface area contributed by atoms with E-state index in [4.69, 9.17) is 0 Å². The molecule has 2 heterocycles. The molecule has 0 saturated carbocycles. The van der Waals surface area contributed by atoms with Crippen molar-refractivity contribution in [1.29, 1.82) is 0 Å². The molecule has 1 fully saturated rings. The maximum absolute atomic E-state index is 12.4. The topological polar surface area (TPSA) is 79.3 Å². The summed E-state index contributed by atoms with van der Waals surface area (Å²) < 4.78 is 1.81. The molecular formula is C14H23N5O2. The molecule has 116 valence electrons. The second-order valence-electron chi connectivity index (χ2n) is 5.40. The maximum Gasteiger partial charge on any atom is 0.242 e. The molecule has 0 aliphatic carbocycles. The molecule has 2 rings (SSSR count). The molecule has 0 radical (unpaired) electrons. The van der Waals surface area contributed by atoms with Gasteiger partial charge in [-0.2, -0.15) is 5.10 Å². The van der Waals surface area contributed by atoms with Crippen molar-refractivity contribution in [3.63, 3.8) is 0 Å². The molecule has 1 aromatic rings. The van der Waals surface area contributed by atoms with Gasteiger partial charge in [0.2, 0.25) is 11.8 Å². The van der Waals surface area contributed by atoms with Gasteiger partial charge in [0.05, 0.1) is 24.8 Å². The molecule has 0 bridgehead atoms. The summed E-state index contributed by atoms with van der Waals surface area (Å²) in [6.45, 7) is 7.48. The van der Waals surface area contributed by atoms with Crippen molar-refractivity contribution in [2.75, 3.05) is 25.0 Å². The number of piperazine rings is 1. The first-order chi connectivity index (χ1) is 10.0. The first-order valence-electron chi connectivity index (χ1n) is 7.38. The number of carbonyl (C=O) groups excluding carboxylic acids is 2. The third-order valence-corrected chi connectivity index (χ3v) is 3.92. The van der Waals surface area contributed by atoms with Gasteiger partial charge in [0.1, 0.15) is 5.82 Å². The summed E-state index contributed by atoms with van der Waals surface area (Å²) in [5.74, 6) is 0.544. The second kappa shape index (κ2) is 6.71. The number of carbonyl (C=O) groups is 2. The number of hydrogen-bond acceptors (Lipinski definition) is 4. The van der Waals surface area contributed by atoms with E-state index in [0.717, 1.165) is 6.42 Å². The molecule has 2 atom stereocenters. The molecule has 21 heavy (non-hydrogen) atoms. The highest BCUT2D eigenvalue weighted by atomic mass is 16.2. The average molecular weight is 293 g/mol. The zero-order valence-electron chi connectivity index (χ0n) is 12.8.